The molecule has 0 atom stereocenters. The van der Waals surface area contributed by atoms with Gasteiger partial charge in [0.1, 0.15) is 0 Å². The lowest BCUT2D eigenvalue weighted by Gasteiger charge is -2.11. The van der Waals surface area contributed by atoms with Crippen molar-refractivity contribution in [1.29, 1.82) is 0 Å². The second kappa shape index (κ2) is 11.9. The van der Waals surface area contributed by atoms with Crippen molar-refractivity contribution in [3.05, 3.63) is 53.9 Å². The number of rotatable bonds is 8. The first kappa shape index (κ1) is 20.5. The maximum atomic E-state index is 4.61. The summed E-state index contributed by atoms with van der Waals surface area (Å²) >= 11 is 0. The Morgan fingerprint density at radius 3 is 2.83 bits per heavy atom. The molecule has 0 saturated heterocycles. The Kier molecular flexibility index (Phi) is 10.1. The van der Waals surface area contributed by atoms with E-state index in [9.17, 15) is 0 Å². The Morgan fingerprint density at radius 1 is 1.25 bits per heavy atom. The van der Waals surface area contributed by atoms with E-state index in [1.54, 1.807) is 6.20 Å². The van der Waals surface area contributed by atoms with Gasteiger partial charge in [0.25, 0.3) is 0 Å². The van der Waals surface area contributed by atoms with Gasteiger partial charge in [0.2, 0.25) is 0 Å². The maximum absolute atomic E-state index is 4.61. The molecule has 1 aromatic heterocycles. The fraction of sp³-hybridized carbons (Fsp3) is 0.444. The second-order valence-corrected chi connectivity index (χ2v) is 5.55. The van der Waals surface area contributed by atoms with E-state index in [-0.39, 0.29) is 24.0 Å². The lowest BCUT2D eigenvalue weighted by molar-refractivity contribution is 0.584. The Hall–Kier alpha value is -1.57. The van der Waals surface area contributed by atoms with Crippen LogP contribution in [0.25, 0.3) is 0 Å². The highest BCUT2D eigenvalue weighted by Gasteiger charge is 1.98. The van der Waals surface area contributed by atoms with Gasteiger partial charge < -0.3 is 10.6 Å². The lowest BCUT2D eigenvalue weighted by Crippen LogP contribution is -2.38. The molecule has 2 N–H and O–H groups in total. The summed E-state index contributed by atoms with van der Waals surface area (Å²) in [5.41, 5.74) is 2.66. The molecule has 0 aliphatic heterocycles. The van der Waals surface area contributed by atoms with Gasteiger partial charge in [0.05, 0.1) is 0 Å². The van der Waals surface area contributed by atoms with Gasteiger partial charge in [-0.15, -0.1) is 24.0 Å². The Labute approximate surface area is 162 Å². The number of benzene rings is 1. The van der Waals surface area contributed by atoms with Crippen LogP contribution in [-0.2, 0) is 13.0 Å². The molecule has 0 radical (unpaired) electrons. The van der Waals surface area contributed by atoms with Crippen LogP contribution in [0.3, 0.4) is 0 Å². The van der Waals surface area contributed by atoms with E-state index in [0.717, 1.165) is 45.0 Å². The number of halogens is 1. The number of nitrogens with one attached hydrogen (secondary N) is 2. The minimum absolute atomic E-state index is 0. The van der Waals surface area contributed by atoms with Crippen molar-refractivity contribution < 1.29 is 0 Å². The summed E-state index contributed by atoms with van der Waals surface area (Å²) in [7, 11) is 0. The molecule has 2 aromatic rings. The zero-order chi connectivity index (χ0) is 16.3. The summed E-state index contributed by atoms with van der Waals surface area (Å²) < 4.78 is 1.94. The molecule has 0 spiro atoms. The van der Waals surface area contributed by atoms with Gasteiger partial charge in [-0.3, -0.25) is 9.67 Å². The van der Waals surface area contributed by atoms with Crippen molar-refractivity contribution in [2.75, 3.05) is 19.6 Å². The molecule has 0 bridgehead atoms. The van der Waals surface area contributed by atoms with E-state index >= 15 is 0 Å². The Bertz CT molecular complexity index is 595. The third kappa shape index (κ3) is 7.81. The smallest absolute Gasteiger partial charge is 0.191 e. The number of nitrogens with zero attached hydrogens (tertiary/aromatic N) is 3. The van der Waals surface area contributed by atoms with Crippen molar-refractivity contribution in [3.8, 4) is 0 Å². The van der Waals surface area contributed by atoms with E-state index in [4.69, 9.17) is 0 Å². The molecule has 0 saturated carbocycles. The van der Waals surface area contributed by atoms with E-state index in [2.05, 4.69) is 58.8 Å². The summed E-state index contributed by atoms with van der Waals surface area (Å²) in [6.07, 6.45) is 5.77. The van der Waals surface area contributed by atoms with Crippen molar-refractivity contribution in [2.45, 2.75) is 33.2 Å². The Morgan fingerprint density at radius 2 is 2.12 bits per heavy atom. The number of aryl methyl sites for hydroxylation is 2. The molecule has 5 nitrogen and oxygen atoms in total. The molecule has 24 heavy (non-hydrogen) atoms. The molecule has 0 aliphatic rings. The first-order chi connectivity index (χ1) is 11.3. The third-order valence-electron chi connectivity index (χ3n) is 3.51. The number of aromatic nitrogens is 2. The summed E-state index contributed by atoms with van der Waals surface area (Å²) in [5.74, 6) is 0.889. The molecule has 6 heteroatoms. The predicted octanol–water partition coefficient (Wildman–Crippen LogP) is 3.00. The van der Waals surface area contributed by atoms with Gasteiger partial charge in [-0.2, -0.15) is 5.10 Å². The first-order valence-electron chi connectivity index (χ1n) is 8.33. The first-order valence-corrected chi connectivity index (χ1v) is 8.33. The van der Waals surface area contributed by atoms with Crippen LogP contribution in [0.15, 0.2) is 47.7 Å². The zero-order valence-electron chi connectivity index (χ0n) is 14.5. The zero-order valence-corrected chi connectivity index (χ0v) is 16.9. The van der Waals surface area contributed by atoms with Crippen molar-refractivity contribution in [3.63, 3.8) is 0 Å². The average Bonchev–Trinajstić information content (AvgIpc) is 3.05. The molecule has 132 valence electrons. The fourth-order valence-corrected chi connectivity index (χ4v) is 2.39. The molecule has 0 fully saturated rings. The molecule has 0 unspecified atom stereocenters. The number of aliphatic imine (C=N–C) groups is 1. The highest BCUT2D eigenvalue weighted by atomic mass is 127. The van der Waals surface area contributed by atoms with Gasteiger partial charge in [0.15, 0.2) is 5.96 Å². The number of hydrogen-bond donors (Lipinski definition) is 2. The van der Waals surface area contributed by atoms with Crippen molar-refractivity contribution in [1.82, 2.24) is 20.4 Å². The van der Waals surface area contributed by atoms with Gasteiger partial charge in [0, 0.05) is 38.6 Å². The van der Waals surface area contributed by atoms with Crippen LogP contribution in [-0.4, -0.2) is 35.4 Å². The highest BCUT2D eigenvalue weighted by molar-refractivity contribution is 14.0. The van der Waals surface area contributed by atoms with Crippen molar-refractivity contribution >= 4 is 29.9 Å². The summed E-state index contributed by atoms with van der Waals surface area (Å²) in [5, 5.41) is 10.9. The summed E-state index contributed by atoms with van der Waals surface area (Å²) in [6.45, 7) is 7.66. The van der Waals surface area contributed by atoms with Crippen LogP contribution >= 0.6 is 24.0 Å². The second-order valence-electron chi connectivity index (χ2n) is 5.55. The molecular weight excluding hydrogens is 413 g/mol. The highest BCUT2D eigenvalue weighted by Crippen LogP contribution is 2.03. The minimum Gasteiger partial charge on any atom is -0.357 e. The monoisotopic (exact) mass is 441 g/mol. The molecule has 0 aliphatic carbocycles. The van der Waals surface area contributed by atoms with Crippen LogP contribution < -0.4 is 10.6 Å². The van der Waals surface area contributed by atoms with Gasteiger partial charge in [-0.1, -0.05) is 29.8 Å². The maximum Gasteiger partial charge on any atom is 0.191 e. The minimum atomic E-state index is 0. The largest absolute Gasteiger partial charge is 0.357 e. The quantitative estimate of drug-likeness (QED) is 0.287. The van der Waals surface area contributed by atoms with Crippen LogP contribution in [0.5, 0.6) is 0 Å². The third-order valence-corrected chi connectivity index (χ3v) is 3.51. The normalized spacial score (nSPS) is 11.0. The van der Waals surface area contributed by atoms with Crippen molar-refractivity contribution in [2.24, 2.45) is 4.99 Å². The summed E-state index contributed by atoms with van der Waals surface area (Å²) in [6, 6.07) is 10.6. The van der Waals surface area contributed by atoms with E-state index in [1.807, 2.05) is 16.9 Å². The van der Waals surface area contributed by atoms with Gasteiger partial charge in [-0.25, -0.2) is 0 Å². The van der Waals surface area contributed by atoms with E-state index in [0.29, 0.717) is 0 Å². The lowest BCUT2D eigenvalue weighted by atomic mass is 10.1. The molecule has 2 rings (SSSR count). The van der Waals surface area contributed by atoms with E-state index in [1.165, 1.54) is 11.1 Å². The average molecular weight is 441 g/mol. The Balaban J connectivity index is 0.00000288. The topological polar surface area (TPSA) is 54.2 Å². The summed E-state index contributed by atoms with van der Waals surface area (Å²) in [4.78, 5) is 4.61. The number of guanidine groups is 1. The van der Waals surface area contributed by atoms with Crippen LogP contribution in [0.1, 0.15) is 24.5 Å². The number of hydrogen-bond acceptors (Lipinski definition) is 2. The van der Waals surface area contributed by atoms with Gasteiger partial charge >= 0.3 is 0 Å². The standard InChI is InChI=1S/C18H27N5.HI/c1-3-19-18(20-10-5-13-23-14-6-11-22-23)21-12-9-17-8-4-7-16(2)15-17;/h4,6-8,11,14-15H,3,5,9-10,12-13H2,1-2H3,(H2,19,20,21);1H. The molecule has 1 heterocycles. The van der Waals surface area contributed by atoms with Crippen LogP contribution in [0.2, 0.25) is 0 Å². The van der Waals surface area contributed by atoms with Gasteiger partial charge in [-0.05, 0) is 38.3 Å². The SMILES string of the molecule is CCNC(=NCCCn1cccn1)NCCc1cccc(C)c1.I. The fourth-order valence-electron chi connectivity index (χ4n) is 2.39. The van der Waals surface area contributed by atoms with Crippen LogP contribution in [0.4, 0.5) is 0 Å². The molecule has 1 aromatic carbocycles. The van der Waals surface area contributed by atoms with Crippen LogP contribution in [0, 0.1) is 6.92 Å². The molecule has 0 amide bonds. The molecular formula is C18H28IN5. The predicted molar refractivity (Wildman–Crippen MR) is 111 cm³/mol. The van der Waals surface area contributed by atoms with E-state index < -0.39 is 0 Å².